The molecule has 0 bridgehead atoms. The maximum absolute atomic E-state index is 5.09. The Morgan fingerprint density at radius 2 is 2.00 bits per heavy atom. The van der Waals surface area contributed by atoms with Crippen molar-refractivity contribution in [3.8, 4) is 0 Å². The van der Waals surface area contributed by atoms with Crippen molar-refractivity contribution in [1.29, 1.82) is 0 Å². The van der Waals surface area contributed by atoms with Crippen LogP contribution in [0.3, 0.4) is 0 Å². The van der Waals surface area contributed by atoms with Crippen LogP contribution in [-0.4, -0.2) is 43.3 Å². The van der Waals surface area contributed by atoms with Crippen LogP contribution in [0.15, 0.2) is 12.4 Å². The van der Waals surface area contributed by atoms with Gasteiger partial charge < -0.3 is 15.0 Å². The number of aromatic nitrogens is 2. The van der Waals surface area contributed by atoms with Gasteiger partial charge >= 0.3 is 0 Å². The number of rotatable bonds is 9. The predicted molar refractivity (Wildman–Crippen MR) is 78.3 cm³/mol. The third-order valence-corrected chi connectivity index (χ3v) is 2.80. The van der Waals surface area contributed by atoms with Gasteiger partial charge in [-0.05, 0) is 19.4 Å². The van der Waals surface area contributed by atoms with Crippen molar-refractivity contribution in [3.63, 3.8) is 0 Å². The average Bonchev–Trinajstić information content (AvgIpc) is 2.41. The molecule has 1 aromatic rings. The zero-order valence-electron chi connectivity index (χ0n) is 12.5. The minimum Gasteiger partial charge on any atom is -0.383 e. The maximum Gasteiger partial charge on any atom is 0.225 e. The number of likely N-dealkylation sites (N-methyl/N-ethyl adjacent to an activating group) is 1. The van der Waals surface area contributed by atoms with E-state index in [-0.39, 0.29) is 0 Å². The van der Waals surface area contributed by atoms with Crippen LogP contribution in [0.2, 0.25) is 0 Å². The maximum atomic E-state index is 5.09. The van der Waals surface area contributed by atoms with Gasteiger partial charge in [0.05, 0.1) is 6.61 Å². The number of hydrogen-bond acceptors (Lipinski definition) is 5. The fraction of sp³-hybridized carbons (Fsp3) is 0.714. The molecule has 5 nitrogen and oxygen atoms in total. The van der Waals surface area contributed by atoms with Crippen molar-refractivity contribution in [1.82, 2.24) is 15.3 Å². The number of nitrogens with zero attached hydrogens (tertiary/aromatic N) is 3. The summed E-state index contributed by atoms with van der Waals surface area (Å²) in [4.78, 5) is 10.9. The van der Waals surface area contributed by atoms with Gasteiger partial charge in [0.2, 0.25) is 5.95 Å². The molecule has 0 radical (unpaired) electrons. The van der Waals surface area contributed by atoms with Gasteiger partial charge in [-0.25, -0.2) is 9.97 Å². The lowest BCUT2D eigenvalue weighted by atomic mass is 10.2. The summed E-state index contributed by atoms with van der Waals surface area (Å²) in [6.07, 6.45) is 3.79. The summed E-state index contributed by atoms with van der Waals surface area (Å²) in [6.45, 7) is 10.7. The molecule has 0 unspecified atom stereocenters. The van der Waals surface area contributed by atoms with Gasteiger partial charge in [0.1, 0.15) is 0 Å². The summed E-state index contributed by atoms with van der Waals surface area (Å²) in [5.41, 5.74) is 1.12. The topological polar surface area (TPSA) is 50.3 Å². The van der Waals surface area contributed by atoms with E-state index >= 15 is 0 Å². The Bertz CT molecular complexity index is 340. The molecule has 1 aromatic heterocycles. The summed E-state index contributed by atoms with van der Waals surface area (Å²) >= 11 is 0. The van der Waals surface area contributed by atoms with Gasteiger partial charge in [0.25, 0.3) is 0 Å². The highest BCUT2D eigenvalue weighted by Gasteiger charge is 2.06. The summed E-state index contributed by atoms with van der Waals surface area (Å²) in [5.74, 6) is 1.43. The minimum absolute atomic E-state index is 0.657. The Hall–Kier alpha value is -1.20. The molecule has 0 saturated carbocycles. The Morgan fingerprint density at radius 1 is 1.32 bits per heavy atom. The Morgan fingerprint density at radius 3 is 2.53 bits per heavy atom. The molecule has 0 aliphatic carbocycles. The van der Waals surface area contributed by atoms with Gasteiger partial charge in [-0.15, -0.1) is 0 Å². The Labute approximate surface area is 116 Å². The first kappa shape index (κ1) is 15.9. The fourth-order valence-electron chi connectivity index (χ4n) is 1.71. The van der Waals surface area contributed by atoms with Gasteiger partial charge in [0, 0.05) is 44.7 Å². The van der Waals surface area contributed by atoms with Gasteiger partial charge in [0.15, 0.2) is 0 Å². The van der Waals surface area contributed by atoms with Crippen LogP contribution in [0, 0.1) is 5.92 Å². The SMILES string of the molecule is CCN(CCOC)c1ncc(CNCC(C)C)cn1. The normalized spacial score (nSPS) is 11.0. The van der Waals surface area contributed by atoms with E-state index < -0.39 is 0 Å². The number of ether oxygens (including phenoxy) is 1. The summed E-state index contributed by atoms with van der Waals surface area (Å²) in [6, 6.07) is 0. The molecule has 19 heavy (non-hydrogen) atoms. The zero-order chi connectivity index (χ0) is 14.1. The third kappa shape index (κ3) is 5.98. The van der Waals surface area contributed by atoms with Crippen molar-refractivity contribution < 1.29 is 4.74 Å². The largest absolute Gasteiger partial charge is 0.383 e. The molecule has 0 fully saturated rings. The predicted octanol–water partition coefficient (Wildman–Crippen LogP) is 1.69. The molecular weight excluding hydrogens is 240 g/mol. The molecule has 0 atom stereocenters. The first-order chi connectivity index (χ1) is 9.17. The third-order valence-electron chi connectivity index (χ3n) is 2.80. The lowest BCUT2D eigenvalue weighted by molar-refractivity contribution is 0.205. The molecular formula is C14H26N4O. The van der Waals surface area contributed by atoms with Crippen LogP contribution in [-0.2, 0) is 11.3 Å². The van der Waals surface area contributed by atoms with Crippen LogP contribution in [0.25, 0.3) is 0 Å². The fourth-order valence-corrected chi connectivity index (χ4v) is 1.71. The van der Waals surface area contributed by atoms with Crippen molar-refractivity contribution in [2.75, 3.05) is 38.3 Å². The highest BCUT2D eigenvalue weighted by molar-refractivity contribution is 5.29. The summed E-state index contributed by atoms with van der Waals surface area (Å²) < 4.78 is 5.09. The van der Waals surface area contributed by atoms with Crippen LogP contribution in [0.4, 0.5) is 5.95 Å². The summed E-state index contributed by atoms with van der Waals surface area (Å²) in [7, 11) is 1.71. The lowest BCUT2D eigenvalue weighted by Crippen LogP contribution is -2.28. The van der Waals surface area contributed by atoms with E-state index in [1.807, 2.05) is 12.4 Å². The van der Waals surface area contributed by atoms with E-state index in [2.05, 4.69) is 41.0 Å². The van der Waals surface area contributed by atoms with Gasteiger partial charge in [-0.2, -0.15) is 0 Å². The average molecular weight is 266 g/mol. The van der Waals surface area contributed by atoms with Gasteiger partial charge in [-0.1, -0.05) is 13.8 Å². The van der Waals surface area contributed by atoms with Crippen molar-refractivity contribution in [2.45, 2.75) is 27.3 Å². The standard InChI is InChI=1S/C14H26N4O/c1-5-18(6-7-19-4)14-16-10-13(11-17-14)9-15-8-12(2)3/h10-12,15H,5-9H2,1-4H3. The van der Waals surface area contributed by atoms with Crippen LogP contribution < -0.4 is 10.2 Å². The molecule has 108 valence electrons. The Kier molecular flexibility index (Phi) is 7.36. The molecule has 1 rings (SSSR count). The zero-order valence-corrected chi connectivity index (χ0v) is 12.5. The number of anilines is 1. The molecule has 0 aliphatic heterocycles. The number of methoxy groups -OCH3 is 1. The second-order valence-corrected chi connectivity index (χ2v) is 4.99. The van der Waals surface area contributed by atoms with Gasteiger partial charge in [-0.3, -0.25) is 0 Å². The smallest absolute Gasteiger partial charge is 0.225 e. The van der Waals surface area contributed by atoms with E-state index in [0.717, 1.165) is 37.7 Å². The second-order valence-electron chi connectivity index (χ2n) is 4.99. The van der Waals surface area contributed by atoms with Crippen LogP contribution >= 0.6 is 0 Å². The number of hydrogen-bond donors (Lipinski definition) is 1. The van der Waals surface area contributed by atoms with E-state index in [4.69, 9.17) is 4.74 Å². The number of nitrogens with one attached hydrogen (secondary N) is 1. The molecule has 0 saturated heterocycles. The van der Waals surface area contributed by atoms with Crippen molar-refractivity contribution in [2.24, 2.45) is 5.92 Å². The monoisotopic (exact) mass is 266 g/mol. The van der Waals surface area contributed by atoms with Crippen LogP contribution in [0.1, 0.15) is 26.3 Å². The minimum atomic E-state index is 0.657. The van der Waals surface area contributed by atoms with E-state index in [9.17, 15) is 0 Å². The molecule has 1 N–H and O–H groups in total. The summed E-state index contributed by atoms with van der Waals surface area (Å²) in [5, 5.41) is 3.38. The van der Waals surface area contributed by atoms with Crippen LogP contribution in [0.5, 0.6) is 0 Å². The van der Waals surface area contributed by atoms with E-state index in [1.165, 1.54) is 0 Å². The first-order valence-electron chi connectivity index (χ1n) is 6.92. The Balaban J connectivity index is 2.49. The molecule has 1 heterocycles. The van der Waals surface area contributed by atoms with Crippen molar-refractivity contribution in [3.05, 3.63) is 18.0 Å². The quantitative estimate of drug-likeness (QED) is 0.737. The van der Waals surface area contributed by atoms with E-state index in [1.54, 1.807) is 7.11 Å². The van der Waals surface area contributed by atoms with Crippen molar-refractivity contribution >= 4 is 5.95 Å². The lowest BCUT2D eigenvalue weighted by Gasteiger charge is -2.20. The molecule has 0 aliphatic rings. The molecule has 0 aromatic carbocycles. The highest BCUT2D eigenvalue weighted by atomic mass is 16.5. The van der Waals surface area contributed by atoms with E-state index in [0.29, 0.717) is 12.5 Å². The second kappa shape index (κ2) is 8.82. The molecule has 0 spiro atoms. The molecule has 0 amide bonds. The first-order valence-corrected chi connectivity index (χ1v) is 6.92. The highest BCUT2D eigenvalue weighted by Crippen LogP contribution is 2.06. The molecule has 5 heteroatoms.